The van der Waals surface area contributed by atoms with E-state index in [0.29, 0.717) is 24.5 Å². The van der Waals surface area contributed by atoms with Gasteiger partial charge >= 0.3 is 0 Å². The lowest BCUT2D eigenvalue weighted by atomic mass is 10.0. The highest BCUT2D eigenvalue weighted by molar-refractivity contribution is 5.81. The van der Waals surface area contributed by atoms with Crippen LogP contribution in [0.1, 0.15) is 32.3 Å². The molecule has 17 heavy (non-hydrogen) atoms. The van der Waals surface area contributed by atoms with Gasteiger partial charge in [-0.25, -0.2) is 0 Å². The largest absolute Gasteiger partial charge is 0.371 e. The molecule has 0 unspecified atom stereocenters. The number of rotatable bonds is 3. The number of benzene rings is 1. The Morgan fingerprint density at radius 2 is 1.71 bits per heavy atom. The van der Waals surface area contributed by atoms with Gasteiger partial charge in [0.1, 0.15) is 5.78 Å². The van der Waals surface area contributed by atoms with Gasteiger partial charge in [0.15, 0.2) is 0 Å². The van der Waals surface area contributed by atoms with Gasteiger partial charge in [0, 0.05) is 31.6 Å². The molecule has 1 aromatic carbocycles. The van der Waals surface area contributed by atoms with Gasteiger partial charge < -0.3 is 4.90 Å². The third kappa shape index (κ3) is 3.32. The predicted molar refractivity (Wildman–Crippen MR) is 71.4 cm³/mol. The van der Waals surface area contributed by atoms with E-state index in [2.05, 4.69) is 43.0 Å². The Hall–Kier alpha value is -1.31. The number of carbonyl (C=O) groups excluding carboxylic acids is 1. The second-order valence-corrected chi connectivity index (χ2v) is 5.29. The van der Waals surface area contributed by atoms with Gasteiger partial charge in [0.25, 0.3) is 0 Å². The molecule has 1 aliphatic heterocycles. The fraction of sp³-hybridized carbons (Fsp3) is 0.533. The number of anilines is 1. The first-order valence-corrected chi connectivity index (χ1v) is 6.51. The monoisotopic (exact) mass is 231 g/mol. The van der Waals surface area contributed by atoms with Crippen molar-refractivity contribution < 1.29 is 4.79 Å². The van der Waals surface area contributed by atoms with E-state index in [1.807, 2.05) is 0 Å². The average Bonchev–Trinajstić information content (AvgIpc) is 2.30. The number of hydrogen-bond acceptors (Lipinski definition) is 2. The first-order valence-electron chi connectivity index (χ1n) is 6.51. The highest BCUT2D eigenvalue weighted by atomic mass is 16.1. The van der Waals surface area contributed by atoms with Crippen LogP contribution < -0.4 is 4.90 Å². The second-order valence-electron chi connectivity index (χ2n) is 5.29. The van der Waals surface area contributed by atoms with Gasteiger partial charge in [-0.1, -0.05) is 26.0 Å². The van der Waals surface area contributed by atoms with Gasteiger partial charge in [0.05, 0.1) is 0 Å². The van der Waals surface area contributed by atoms with Crippen LogP contribution in [0, 0.1) is 5.92 Å². The molecule has 0 saturated carbocycles. The van der Waals surface area contributed by atoms with Crippen LogP contribution in [-0.4, -0.2) is 18.9 Å². The standard InChI is InChI=1S/C15H21NO/c1-12(2)11-13-3-5-14(6-4-13)16-9-7-15(17)8-10-16/h3-6,12H,7-11H2,1-2H3. The molecule has 0 N–H and O–H groups in total. The number of Topliss-reactive ketones (excluding diaryl/α,β-unsaturated/α-hetero) is 1. The molecule has 1 saturated heterocycles. The molecule has 1 heterocycles. The third-order valence-electron chi connectivity index (χ3n) is 3.27. The molecule has 0 atom stereocenters. The predicted octanol–water partition coefficient (Wildman–Crippen LogP) is 3.05. The van der Waals surface area contributed by atoms with Crippen LogP contribution in [0.5, 0.6) is 0 Å². The molecule has 0 aromatic heterocycles. The number of hydrogen-bond donors (Lipinski definition) is 0. The van der Waals surface area contributed by atoms with Gasteiger partial charge in [-0.2, -0.15) is 0 Å². The number of carbonyl (C=O) groups is 1. The molecule has 1 aromatic rings. The Labute approximate surface area is 104 Å². The van der Waals surface area contributed by atoms with Crippen LogP contribution in [0.25, 0.3) is 0 Å². The highest BCUT2D eigenvalue weighted by Gasteiger charge is 2.16. The Morgan fingerprint density at radius 1 is 1.12 bits per heavy atom. The minimum atomic E-state index is 0.401. The lowest BCUT2D eigenvalue weighted by Gasteiger charge is -2.28. The van der Waals surface area contributed by atoms with Gasteiger partial charge in [-0.3, -0.25) is 4.79 Å². The van der Waals surface area contributed by atoms with Gasteiger partial charge in [-0.15, -0.1) is 0 Å². The van der Waals surface area contributed by atoms with Crippen molar-refractivity contribution in [3.63, 3.8) is 0 Å². The van der Waals surface area contributed by atoms with Crippen molar-refractivity contribution in [3.8, 4) is 0 Å². The molecule has 1 fully saturated rings. The van der Waals surface area contributed by atoms with Gasteiger partial charge in [0.2, 0.25) is 0 Å². The van der Waals surface area contributed by atoms with E-state index >= 15 is 0 Å². The van der Waals surface area contributed by atoms with Crippen LogP contribution in [0.4, 0.5) is 5.69 Å². The van der Waals surface area contributed by atoms with Crippen molar-refractivity contribution in [2.75, 3.05) is 18.0 Å². The summed E-state index contributed by atoms with van der Waals surface area (Å²) in [6.45, 7) is 6.24. The van der Waals surface area contributed by atoms with Crippen molar-refractivity contribution >= 4 is 11.5 Å². The Kier molecular flexibility index (Phi) is 3.82. The topological polar surface area (TPSA) is 20.3 Å². The van der Waals surface area contributed by atoms with E-state index in [4.69, 9.17) is 0 Å². The van der Waals surface area contributed by atoms with Gasteiger partial charge in [-0.05, 0) is 30.0 Å². The fourth-order valence-corrected chi connectivity index (χ4v) is 2.33. The molecule has 2 nitrogen and oxygen atoms in total. The summed E-state index contributed by atoms with van der Waals surface area (Å²) in [6, 6.07) is 8.80. The van der Waals surface area contributed by atoms with E-state index in [-0.39, 0.29) is 0 Å². The first kappa shape index (κ1) is 12.2. The minimum absolute atomic E-state index is 0.401. The van der Waals surface area contributed by atoms with E-state index in [1.165, 1.54) is 11.3 Å². The van der Waals surface area contributed by atoms with Crippen molar-refractivity contribution in [2.24, 2.45) is 5.92 Å². The Balaban J connectivity index is 2.00. The van der Waals surface area contributed by atoms with Crippen LogP contribution >= 0.6 is 0 Å². The maximum Gasteiger partial charge on any atom is 0.136 e. The minimum Gasteiger partial charge on any atom is -0.371 e. The lowest BCUT2D eigenvalue weighted by Crippen LogP contribution is -2.33. The quantitative estimate of drug-likeness (QED) is 0.797. The maximum atomic E-state index is 11.2. The summed E-state index contributed by atoms with van der Waals surface area (Å²) in [5, 5.41) is 0. The summed E-state index contributed by atoms with van der Waals surface area (Å²) in [6.07, 6.45) is 2.54. The van der Waals surface area contributed by atoms with Crippen molar-refractivity contribution in [3.05, 3.63) is 29.8 Å². The summed E-state index contributed by atoms with van der Waals surface area (Å²) in [7, 11) is 0. The SMILES string of the molecule is CC(C)Cc1ccc(N2CCC(=O)CC2)cc1. The lowest BCUT2D eigenvalue weighted by molar-refractivity contribution is -0.119. The summed E-state index contributed by atoms with van der Waals surface area (Å²) in [5.41, 5.74) is 2.65. The van der Waals surface area contributed by atoms with E-state index in [9.17, 15) is 4.79 Å². The second kappa shape index (κ2) is 5.35. The van der Waals surface area contributed by atoms with Crippen molar-refractivity contribution in [1.29, 1.82) is 0 Å². The molecule has 2 heteroatoms. The Bertz CT molecular complexity index is 370. The smallest absolute Gasteiger partial charge is 0.136 e. The molecule has 1 aliphatic rings. The van der Waals surface area contributed by atoms with Crippen molar-refractivity contribution in [2.45, 2.75) is 33.1 Å². The molecular weight excluding hydrogens is 210 g/mol. The number of piperidine rings is 1. The maximum absolute atomic E-state index is 11.2. The summed E-state index contributed by atoms with van der Waals surface area (Å²) >= 11 is 0. The average molecular weight is 231 g/mol. The molecule has 0 aliphatic carbocycles. The van der Waals surface area contributed by atoms with Crippen LogP contribution in [-0.2, 0) is 11.2 Å². The molecular formula is C15H21NO. The zero-order valence-electron chi connectivity index (χ0n) is 10.8. The summed E-state index contributed by atoms with van der Waals surface area (Å²) < 4.78 is 0. The van der Waals surface area contributed by atoms with E-state index in [1.54, 1.807) is 0 Å². The molecule has 2 rings (SSSR count). The van der Waals surface area contributed by atoms with Crippen LogP contribution in [0.2, 0.25) is 0 Å². The third-order valence-corrected chi connectivity index (χ3v) is 3.27. The molecule has 92 valence electrons. The zero-order valence-corrected chi connectivity index (χ0v) is 10.8. The molecule has 0 amide bonds. The van der Waals surface area contributed by atoms with Crippen LogP contribution in [0.15, 0.2) is 24.3 Å². The molecule has 0 spiro atoms. The van der Waals surface area contributed by atoms with Crippen molar-refractivity contribution in [1.82, 2.24) is 0 Å². The number of nitrogens with zero attached hydrogens (tertiary/aromatic N) is 1. The zero-order chi connectivity index (χ0) is 12.3. The highest BCUT2D eigenvalue weighted by Crippen LogP contribution is 2.20. The first-order chi connectivity index (χ1) is 8.15. The molecule has 0 bridgehead atoms. The normalized spacial score (nSPS) is 16.6. The fourth-order valence-electron chi connectivity index (χ4n) is 2.33. The number of ketones is 1. The summed E-state index contributed by atoms with van der Waals surface area (Å²) in [5.74, 6) is 1.10. The Morgan fingerprint density at radius 3 is 2.24 bits per heavy atom. The van der Waals surface area contributed by atoms with Crippen LogP contribution in [0.3, 0.4) is 0 Å². The molecule has 0 radical (unpaired) electrons. The van der Waals surface area contributed by atoms with E-state index in [0.717, 1.165) is 19.5 Å². The van der Waals surface area contributed by atoms with E-state index < -0.39 is 0 Å². The summed E-state index contributed by atoms with van der Waals surface area (Å²) in [4.78, 5) is 13.5.